The van der Waals surface area contributed by atoms with Gasteiger partial charge in [-0.3, -0.25) is 0 Å². The molecule has 4 aromatic heterocycles. The second-order valence-electron chi connectivity index (χ2n) is 20.2. The summed E-state index contributed by atoms with van der Waals surface area (Å²) in [7, 11) is 0. The van der Waals surface area contributed by atoms with Crippen molar-refractivity contribution in [2.75, 3.05) is 222 Å². The lowest BCUT2D eigenvalue weighted by Crippen LogP contribution is -2.15. The minimum absolute atomic E-state index is 0.294. The van der Waals surface area contributed by atoms with Crippen LogP contribution in [0.2, 0.25) is 0 Å². The van der Waals surface area contributed by atoms with E-state index in [1.807, 2.05) is 0 Å². The molecule has 2 fully saturated rings. The van der Waals surface area contributed by atoms with Gasteiger partial charge in [0.2, 0.25) is 0 Å². The Morgan fingerprint density at radius 2 is 0.570 bits per heavy atom. The van der Waals surface area contributed by atoms with Crippen LogP contribution in [0.3, 0.4) is 0 Å². The van der Waals surface area contributed by atoms with E-state index >= 15 is 0 Å². The van der Waals surface area contributed by atoms with Crippen LogP contribution >= 0.6 is 77.2 Å². The molecule has 0 radical (unpaired) electrons. The van der Waals surface area contributed by atoms with Gasteiger partial charge in [-0.1, -0.05) is 57.5 Å². The molecule has 18 nitrogen and oxygen atoms in total. The Morgan fingerprint density at radius 3 is 0.895 bits per heavy atom. The van der Waals surface area contributed by atoms with Crippen molar-refractivity contribution in [2.45, 2.75) is 65.2 Å². The van der Waals surface area contributed by atoms with Crippen LogP contribution < -0.4 is 18.9 Å². The zero-order valence-electron chi connectivity index (χ0n) is 50.9. The van der Waals surface area contributed by atoms with Crippen LogP contribution in [0.5, 0.6) is 23.0 Å². The molecular weight excluding hydrogens is 1320 g/mol. The summed E-state index contributed by atoms with van der Waals surface area (Å²) < 4.78 is 107. The minimum atomic E-state index is 0.294. The first kappa shape index (κ1) is 73.5. The number of hydrogen-bond acceptors (Lipinski definition) is 22. The maximum absolute atomic E-state index is 6.75. The maximum atomic E-state index is 6.75. The molecule has 2 aliphatic carbocycles. The lowest BCUT2D eigenvalue weighted by atomic mass is 10.1. The predicted molar refractivity (Wildman–Crippen MR) is 349 cm³/mol. The summed E-state index contributed by atoms with van der Waals surface area (Å²) in [6.45, 7) is 20.0. The standard InChI is InChI=1S/C62H96Br2O18S4/c1-49-11-12-53(83-49)61-58(81-45-41-75-33-29-69-23-25-71-35-37-77-47-51-7-3-4-8-51)59(82-46-42-76-34-30-70-24-26-72-36-38-78-48-52-9-5-6-10-52)62(86-61)55-14-13-54(85-55)60-57(80-44-40-74-32-28-68-22-20-66-18-16-64)56(50(2)84-60)79-43-39-73-31-27-67-21-19-65-17-15-63/h11-14,51-52H,3-10,15-48H2,1-2H3. The van der Waals surface area contributed by atoms with E-state index in [1.165, 1.54) is 56.2 Å². The molecule has 0 N–H and O–H groups in total. The van der Waals surface area contributed by atoms with Crippen molar-refractivity contribution in [3.05, 3.63) is 34.0 Å². The summed E-state index contributed by atoms with van der Waals surface area (Å²) in [5.74, 6) is 4.11. The van der Waals surface area contributed by atoms with Gasteiger partial charge in [0.15, 0.2) is 23.0 Å². The molecule has 0 aromatic carbocycles. The van der Waals surface area contributed by atoms with E-state index in [9.17, 15) is 0 Å². The van der Waals surface area contributed by atoms with E-state index in [2.05, 4.69) is 70.0 Å². The van der Waals surface area contributed by atoms with Gasteiger partial charge in [0.1, 0.15) is 26.4 Å². The van der Waals surface area contributed by atoms with Crippen LogP contribution in [-0.4, -0.2) is 222 Å². The average molecular weight is 1420 g/mol. The summed E-state index contributed by atoms with van der Waals surface area (Å²) in [6.07, 6.45) is 10.4. The molecule has 4 aromatic rings. The van der Waals surface area contributed by atoms with Gasteiger partial charge in [0, 0.05) is 48.3 Å². The molecule has 6 rings (SSSR count). The summed E-state index contributed by atoms with van der Waals surface area (Å²) in [5.41, 5.74) is 0. The number of aryl methyl sites for hydroxylation is 2. The molecule has 2 saturated carbocycles. The third-order valence-electron chi connectivity index (χ3n) is 13.5. The van der Waals surface area contributed by atoms with Crippen LogP contribution in [0.4, 0.5) is 0 Å². The average Bonchev–Trinajstić information content (AvgIpc) is 2.02. The first-order chi connectivity index (χ1) is 42.6. The molecule has 490 valence electrons. The van der Waals surface area contributed by atoms with Crippen LogP contribution in [0.15, 0.2) is 24.3 Å². The highest BCUT2D eigenvalue weighted by Crippen LogP contribution is 2.57. The zero-order chi connectivity index (χ0) is 60.2. The van der Waals surface area contributed by atoms with Crippen molar-refractivity contribution in [3.63, 3.8) is 0 Å². The molecule has 0 aliphatic heterocycles. The van der Waals surface area contributed by atoms with E-state index < -0.39 is 0 Å². The van der Waals surface area contributed by atoms with Crippen molar-refractivity contribution >= 4 is 77.2 Å². The van der Waals surface area contributed by atoms with Gasteiger partial charge < -0.3 is 85.3 Å². The Kier molecular flexibility index (Phi) is 41.2. The second-order valence-corrected chi connectivity index (χ2v) is 26.4. The molecule has 0 unspecified atom stereocenters. The Morgan fingerprint density at radius 1 is 0.302 bits per heavy atom. The molecule has 2 aliphatic rings. The normalized spacial score (nSPS) is 14.0. The number of rotatable bonds is 57. The van der Waals surface area contributed by atoms with Crippen molar-refractivity contribution in [3.8, 4) is 52.3 Å². The summed E-state index contributed by atoms with van der Waals surface area (Å²) in [5, 5.41) is 1.59. The van der Waals surface area contributed by atoms with Gasteiger partial charge in [-0.05, 0) is 75.6 Å². The SMILES string of the molecule is Cc1ccc(-c2sc(-c3ccc(-c4sc(C)c(OCCOCCOCCOCCBr)c4OCCOCCOCCOCCBr)s3)c(OCCOCCOCCOCCOCC3CCCC3)c2OCCOCCOCCOCCOCC2CCCC2)s1. The minimum Gasteiger partial charge on any atom is -0.486 e. The lowest BCUT2D eigenvalue weighted by molar-refractivity contribution is -0.00859. The Hall–Kier alpha value is -1.60. The predicted octanol–water partition coefficient (Wildman–Crippen LogP) is 12.5. The fourth-order valence-corrected chi connectivity index (χ4v) is 14.2. The molecule has 24 heteroatoms. The van der Waals surface area contributed by atoms with Crippen molar-refractivity contribution in [2.24, 2.45) is 11.8 Å². The van der Waals surface area contributed by atoms with Gasteiger partial charge in [-0.2, -0.15) is 0 Å². The smallest absolute Gasteiger partial charge is 0.181 e. The molecule has 4 heterocycles. The van der Waals surface area contributed by atoms with E-state index in [-0.39, 0.29) is 0 Å². The van der Waals surface area contributed by atoms with Gasteiger partial charge >= 0.3 is 0 Å². The highest BCUT2D eigenvalue weighted by Gasteiger charge is 2.28. The topological polar surface area (TPSA) is 166 Å². The van der Waals surface area contributed by atoms with Crippen LogP contribution in [0, 0.1) is 25.7 Å². The number of ether oxygens (including phenoxy) is 18. The molecule has 0 atom stereocenters. The lowest BCUT2D eigenvalue weighted by Gasteiger charge is -2.13. The van der Waals surface area contributed by atoms with Crippen LogP contribution in [-0.2, 0) is 66.3 Å². The summed E-state index contributed by atoms with van der Waals surface area (Å²) >= 11 is 13.4. The molecule has 0 saturated heterocycles. The fraction of sp³-hybridized carbons (Fsp3) is 0.742. The van der Waals surface area contributed by atoms with E-state index in [0.717, 1.165) is 58.0 Å². The first-order valence-corrected chi connectivity index (χ1v) is 36.3. The molecule has 86 heavy (non-hydrogen) atoms. The second kappa shape index (κ2) is 48.2. The van der Waals surface area contributed by atoms with Crippen LogP contribution in [0.25, 0.3) is 29.3 Å². The van der Waals surface area contributed by atoms with Gasteiger partial charge in [0.05, 0.1) is 186 Å². The number of alkyl halides is 2. The van der Waals surface area contributed by atoms with E-state index in [1.54, 1.807) is 45.3 Å². The molecule has 0 bridgehead atoms. The molecule has 0 amide bonds. The number of thiophene rings is 4. The Labute approximate surface area is 544 Å². The van der Waals surface area contributed by atoms with Gasteiger partial charge in [0.25, 0.3) is 0 Å². The molecule has 0 spiro atoms. The fourth-order valence-electron chi connectivity index (χ4n) is 9.27. The Balaban J connectivity index is 1.07. The highest BCUT2D eigenvalue weighted by atomic mass is 79.9. The summed E-state index contributed by atoms with van der Waals surface area (Å²) in [6, 6.07) is 8.56. The largest absolute Gasteiger partial charge is 0.486 e. The first-order valence-electron chi connectivity index (χ1n) is 30.7. The van der Waals surface area contributed by atoms with E-state index in [4.69, 9.17) is 85.3 Å². The number of halogens is 2. The van der Waals surface area contributed by atoms with Crippen molar-refractivity contribution in [1.29, 1.82) is 0 Å². The third kappa shape index (κ3) is 30.2. The van der Waals surface area contributed by atoms with E-state index in [0.29, 0.717) is 233 Å². The van der Waals surface area contributed by atoms with Gasteiger partial charge in [-0.15, -0.1) is 45.3 Å². The quantitative estimate of drug-likeness (QED) is 0.0302. The Bertz CT molecular complexity index is 2270. The number of hydrogen-bond donors (Lipinski definition) is 0. The monoisotopic (exact) mass is 1410 g/mol. The maximum Gasteiger partial charge on any atom is 0.181 e. The highest BCUT2D eigenvalue weighted by molar-refractivity contribution is 9.09. The summed E-state index contributed by atoms with van der Waals surface area (Å²) in [4.78, 5) is 8.20. The third-order valence-corrected chi connectivity index (χ3v) is 19.0. The van der Waals surface area contributed by atoms with Gasteiger partial charge in [-0.25, -0.2) is 0 Å². The van der Waals surface area contributed by atoms with Crippen LogP contribution in [0.1, 0.15) is 61.1 Å². The van der Waals surface area contributed by atoms with Crippen molar-refractivity contribution in [1.82, 2.24) is 0 Å². The molecular formula is C62H96Br2O18S4. The van der Waals surface area contributed by atoms with Crippen molar-refractivity contribution < 1.29 is 85.3 Å². The zero-order valence-corrected chi connectivity index (χ0v) is 57.3.